The molecule has 3 aromatic heterocycles. The van der Waals surface area contributed by atoms with Gasteiger partial charge in [0.1, 0.15) is 0 Å². The molecule has 8 aromatic rings. The van der Waals surface area contributed by atoms with Crippen LogP contribution in [0.15, 0.2) is 140 Å². The number of benzene rings is 5. The smallest absolute Gasteiger partial charge is 0.0252 e. The maximum atomic E-state index is 4.68. The summed E-state index contributed by atoms with van der Waals surface area (Å²) >= 11 is 0.0837. The average molecular weight is 850 g/mol. The summed E-state index contributed by atoms with van der Waals surface area (Å²) in [6.07, 6.45) is 3.98. The van der Waals surface area contributed by atoms with Crippen molar-refractivity contribution in [3.8, 4) is 33.6 Å². The van der Waals surface area contributed by atoms with Crippen molar-refractivity contribution >= 4 is 59.9 Å². The SMILES string of the molecule is [CH3][Ge]([CH3])([CH3])[c]1ccc(-c2[c-]cccc2)nc1.[Ir].[c-]1c(-c2cc3ccccc3cn2)ccc2c1sc1cccc(-c3ccccc3)c12. The maximum Gasteiger partial charge on any atom is 0.0252 e. The van der Waals surface area contributed by atoms with E-state index in [1.54, 1.807) is 11.3 Å². The molecule has 0 spiro atoms. The summed E-state index contributed by atoms with van der Waals surface area (Å²) in [6.45, 7) is 0. The molecule has 5 heteroatoms. The van der Waals surface area contributed by atoms with E-state index in [1.807, 2.05) is 42.7 Å². The van der Waals surface area contributed by atoms with E-state index in [0.29, 0.717) is 0 Å². The van der Waals surface area contributed by atoms with Crippen molar-refractivity contribution in [1.82, 2.24) is 9.97 Å². The molecule has 0 unspecified atom stereocenters. The van der Waals surface area contributed by atoms with Crippen molar-refractivity contribution < 1.29 is 20.1 Å². The number of fused-ring (bicyclic) bond motifs is 4. The molecular weight excluding hydrogens is 817 g/mol. The van der Waals surface area contributed by atoms with Crippen molar-refractivity contribution in [3.05, 3.63) is 152 Å². The minimum atomic E-state index is -1.72. The van der Waals surface area contributed by atoms with Crippen LogP contribution < -0.4 is 4.40 Å². The fourth-order valence-electron chi connectivity index (χ4n) is 5.54. The van der Waals surface area contributed by atoms with Crippen molar-refractivity contribution in [2.45, 2.75) is 17.3 Å². The molecule has 5 aromatic carbocycles. The van der Waals surface area contributed by atoms with E-state index in [4.69, 9.17) is 0 Å². The minimum Gasteiger partial charge on any atom is -0.304 e. The molecule has 0 saturated carbocycles. The van der Waals surface area contributed by atoms with Crippen LogP contribution in [0.25, 0.3) is 64.6 Å². The molecule has 2 nitrogen and oxygen atoms in total. The van der Waals surface area contributed by atoms with E-state index in [9.17, 15) is 0 Å². The average Bonchev–Trinajstić information content (AvgIpc) is 3.47. The van der Waals surface area contributed by atoms with Crippen molar-refractivity contribution in [2.24, 2.45) is 0 Å². The molecule has 227 valence electrons. The van der Waals surface area contributed by atoms with Gasteiger partial charge in [0.05, 0.1) is 0 Å². The third kappa shape index (κ3) is 6.77. The van der Waals surface area contributed by atoms with Crippen LogP contribution in [0.3, 0.4) is 0 Å². The van der Waals surface area contributed by atoms with Gasteiger partial charge < -0.3 is 4.98 Å². The number of pyridine rings is 2. The van der Waals surface area contributed by atoms with E-state index >= 15 is 0 Å². The van der Waals surface area contributed by atoms with Gasteiger partial charge in [-0.2, -0.15) is 11.3 Å². The third-order valence-corrected chi connectivity index (χ3v) is 13.4. The van der Waals surface area contributed by atoms with Gasteiger partial charge in [0.2, 0.25) is 0 Å². The Hall–Kier alpha value is -3.93. The Bertz CT molecular complexity index is 2240. The summed E-state index contributed by atoms with van der Waals surface area (Å²) < 4.78 is 3.91. The largest absolute Gasteiger partial charge is 0.304 e. The number of nitrogens with zero attached hydrogens (tertiary/aromatic N) is 2. The maximum absolute atomic E-state index is 4.68. The summed E-state index contributed by atoms with van der Waals surface area (Å²) in [7, 11) is 0. The van der Waals surface area contributed by atoms with Gasteiger partial charge in [-0.05, 0) is 43.7 Å². The van der Waals surface area contributed by atoms with Gasteiger partial charge in [0, 0.05) is 31.0 Å². The number of hydrogen-bond acceptors (Lipinski definition) is 3. The molecular formula is C41H32GeIrN2S-2. The second-order valence-corrected chi connectivity index (χ2v) is 23.8. The summed E-state index contributed by atoms with van der Waals surface area (Å²) in [5.41, 5.74) is 6.60. The number of rotatable bonds is 4. The summed E-state index contributed by atoms with van der Waals surface area (Å²) in [5, 5.41) is 4.93. The molecule has 0 N–H and O–H groups in total. The van der Waals surface area contributed by atoms with Crippen LogP contribution in [-0.4, -0.2) is 23.2 Å². The first-order chi connectivity index (χ1) is 21.9. The van der Waals surface area contributed by atoms with Crippen molar-refractivity contribution in [3.63, 3.8) is 0 Å². The molecule has 1 radical (unpaired) electrons. The first-order valence-corrected chi connectivity index (χ1v) is 23.3. The molecule has 3 heterocycles. The zero-order valence-electron chi connectivity index (χ0n) is 25.9. The van der Waals surface area contributed by atoms with E-state index in [2.05, 4.69) is 136 Å². The van der Waals surface area contributed by atoms with Crippen LogP contribution in [0.5, 0.6) is 0 Å². The van der Waals surface area contributed by atoms with Crippen LogP contribution in [0, 0.1) is 12.1 Å². The van der Waals surface area contributed by atoms with Crippen LogP contribution in [-0.2, 0) is 20.1 Å². The Morgan fingerprint density at radius 3 is 2.13 bits per heavy atom. The molecule has 0 aliphatic rings. The van der Waals surface area contributed by atoms with E-state index < -0.39 is 13.3 Å². The predicted octanol–water partition coefficient (Wildman–Crippen LogP) is 10.8. The van der Waals surface area contributed by atoms with Gasteiger partial charge in [-0.3, -0.25) is 0 Å². The van der Waals surface area contributed by atoms with Crippen molar-refractivity contribution in [1.29, 1.82) is 0 Å². The molecule has 0 atom stereocenters. The normalized spacial score (nSPS) is 11.2. The Morgan fingerprint density at radius 1 is 0.630 bits per heavy atom. The quantitative estimate of drug-likeness (QED) is 0.130. The fraction of sp³-hybridized carbons (Fsp3) is 0.0732. The first kappa shape index (κ1) is 32.0. The zero-order valence-corrected chi connectivity index (χ0v) is 31.2. The predicted molar refractivity (Wildman–Crippen MR) is 196 cm³/mol. The Morgan fingerprint density at radius 2 is 1.39 bits per heavy atom. The molecule has 0 bridgehead atoms. The Balaban J connectivity index is 0.000000187. The van der Waals surface area contributed by atoms with Gasteiger partial charge in [0.25, 0.3) is 0 Å². The van der Waals surface area contributed by atoms with Gasteiger partial charge in [-0.15, -0.1) is 23.8 Å². The van der Waals surface area contributed by atoms with E-state index in [-0.39, 0.29) is 20.1 Å². The van der Waals surface area contributed by atoms with Crippen LogP contribution in [0.1, 0.15) is 0 Å². The topological polar surface area (TPSA) is 25.8 Å². The van der Waals surface area contributed by atoms with Crippen LogP contribution in [0.4, 0.5) is 0 Å². The van der Waals surface area contributed by atoms with Gasteiger partial charge >= 0.3 is 99.8 Å². The summed E-state index contributed by atoms with van der Waals surface area (Å²) in [4.78, 5) is 9.21. The zero-order chi connectivity index (χ0) is 30.8. The molecule has 46 heavy (non-hydrogen) atoms. The fourth-order valence-corrected chi connectivity index (χ4v) is 8.84. The van der Waals surface area contributed by atoms with Crippen LogP contribution >= 0.6 is 11.3 Å². The van der Waals surface area contributed by atoms with Crippen LogP contribution in [0.2, 0.25) is 17.3 Å². The number of aromatic nitrogens is 2. The molecule has 0 aliphatic carbocycles. The molecule has 0 saturated heterocycles. The molecule has 0 amide bonds. The Labute approximate surface area is 290 Å². The molecule has 0 fully saturated rings. The summed E-state index contributed by atoms with van der Waals surface area (Å²) in [6, 6.07) is 51.1. The van der Waals surface area contributed by atoms with Gasteiger partial charge in [-0.25, -0.2) is 0 Å². The Kier molecular flexibility index (Phi) is 9.63. The van der Waals surface area contributed by atoms with Gasteiger partial charge in [0.15, 0.2) is 0 Å². The molecule has 8 rings (SSSR count). The van der Waals surface area contributed by atoms with Gasteiger partial charge in [-0.1, -0.05) is 78.2 Å². The van der Waals surface area contributed by atoms with Crippen molar-refractivity contribution in [2.75, 3.05) is 0 Å². The first-order valence-electron chi connectivity index (χ1n) is 15.2. The minimum absolute atomic E-state index is 0. The second kappa shape index (κ2) is 13.8. The second-order valence-electron chi connectivity index (χ2n) is 12.1. The standard InChI is InChI=1S/C27H16NS.C14H16GeN.Ir/c1-2-7-18(8-3-1)22-11-6-12-25-27(22)23-14-13-20(16-26(23)29-25)24-15-19-9-4-5-10-21(19)17-28-24;1-15(2,3)13-9-10-14(16-11-13)12-7-5-4-6-8-12;/h1-15,17H;4-7,9-11H,1-3H3;/q2*-1;. The summed E-state index contributed by atoms with van der Waals surface area (Å²) in [5.74, 6) is 7.14. The van der Waals surface area contributed by atoms with E-state index in [1.165, 1.54) is 41.1 Å². The number of hydrogen-bond donors (Lipinski definition) is 0. The molecule has 0 aliphatic heterocycles. The number of thiophene rings is 1. The van der Waals surface area contributed by atoms with E-state index in [0.717, 1.165) is 27.9 Å². The third-order valence-electron chi connectivity index (χ3n) is 8.02. The monoisotopic (exact) mass is 851 g/mol.